The van der Waals surface area contributed by atoms with Gasteiger partial charge in [0.25, 0.3) is 5.82 Å². The van der Waals surface area contributed by atoms with E-state index in [0.29, 0.717) is 17.5 Å². The van der Waals surface area contributed by atoms with Crippen LogP contribution in [0.15, 0.2) is 54.0 Å². The molecule has 4 aromatic rings. The molecule has 0 bridgehead atoms. The molecule has 0 amide bonds. The largest absolute Gasteiger partial charge is 0.496 e. The third kappa shape index (κ3) is 6.03. The molecule has 0 spiro atoms. The summed E-state index contributed by atoms with van der Waals surface area (Å²) in [6, 6.07) is 12.7. The molecule has 1 aliphatic carbocycles. The molecular weight excluding hydrogens is 602 g/mol. The molecule has 46 heavy (non-hydrogen) atoms. The van der Waals surface area contributed by atoms with Crippen molar-refractivity contribution in [3.05, 3.63) is 76.5 Å². The number of nitrogens with zero attached hydrogens (tertiary/aromatic N) is 7. The van der Waals surface area contributed by atoms with E-state index in [1.807, 2.05) is 36.5 Å². The highest BCUT2D eigenvalue weighted by atomic mass is 35.5. The van der Waals surface area contributed by atoms with Gasteiger partial charge >= 0.3 is 0 Å². The van der Waals surface area contributed by atoms with Gasteiger partial charge in [-0.1, -0.05) is 39.6 Å². The van der Waals surface area contributed by atoms with Gasteiger partial charge in [-0.3, -0.25) is 4.90 Å². The van der Waals surface area contributed by atoms with E-state index in [1.165, 1.54) is 0 Å². The number of imidazole rings is 1. The van der Waals surface area contributed by atoms with Gasteiger partial charge in [0.05, 0.1) is 17.6 Å². The summed E-state index contributed by atoms with van der Waals surface area (Å²) in [5.74, 6) is 9.59. The van der Waals surface area contributed by atoms with E-state index in [-0.39, 0.29) is 10.7 Å². The Morgan fingerprint density at radius 1 is 1.07 bits per heavy atom. The van der Waals surface area contributed by atoms with E-state index in [9.17, 15) is 0 Å². The molecule has 1 saturated heterocycles. The first-order valence-electron chi connectivity index (χ1n) is 16.3. The zero-order chi connectivity index (χ0) is 31.7. The topological polar surface area (TPSA) is 118 Å². The molecule has 2 aromatic carbocycles. The molecule has 1 saturated carbocycles. The predicted octanol–water partition coefficient (Wildman–Crippen LogP) is 4.52. The fraction of sp³-hybridized carbons (Fsp3) is 0.471. The zero-order valence-corrected chi connectivity index (χ0v) is 27.4. The van der Waals surface area contributed by atoms with Crippen molar-refractivity contribution in [1.82, 2.24) is 34.4 Å². The number of quaternary nitrogens is 1. The Kier molecular flexibility index (Phi) is 9.04. The van der Waals surface area contributed by atoms with Crippen LogP contribution in [0.1, 0.15) is 54.6 Å². The van der Waals surface area contributed by atoms with Gasteiger partial charge in [-0.2, -0.15) is 4.98 Å². The molecular formula is C34H43ClN9O2+. The van der Waals surface area contributed by atoms with Gasteiger partial charge in [0.1, 0.15) is 40.7 Å². The predicted molar refractivity (Wildman–Crippen MR) is 181 cm³/mol. The fourth-order valence-electron chi connectivity index (χ4n) is 7.49. The van der Waals surface area contributed by atoms with Crippen molar-refractivity contribution in [3.63, 3.8) is 0 Å². The van der Waals surface area contributed by atoms with E-state index < -0.39 is 0 Å². The number of ether oxygens (including phenoxy) is 2. The number of nitrogens with one attached hydrogen (secondary N) is 1. The number of methoxy groups -OCH3 is 2. The Labute approximate surface area is 274 Å². The number of hydrogen-bond donors (Lipinski definition) is 2. The lowest BCUT2D eigenvalue weighted by Crippen LogP contribution is -2.60. The van der Waals surface area contributed by atoms with Crippen molar-refractivity contribution in [2.75, 3.05) is 53.6 Å². The first-order chi connectivity index (χ1) is 22.5. The standard InChI is InChI=1S/C34H43ClN9O2/c1-45-17-5-12-42-13-15-43(16-14-42)25-8-10-26(11-9-25)44(36)34-27(21-37-22-38-34)32(41-44)24-18-28(35)33-29(19-24)39-31(40-33)20-23-6-3-4-7-30(23)46-2/h3-4,6-7,18-19,21-22,25-26H,5,8-17,20,36H2,1-2H3,(H,39,40)/q+1. The van der Waals surface area contributed by atoms with Gasteiger partial charge in [0, 0.05) is 89.1 Å². The lowest BCUT2D eigenvalue weighted by Gasteiger charge is -2.43. The summed E-state index contributed by atoms with van der Waals surface area (Å²) in [6.07, 6.45) is 9.28. The van der Waals surface area contributed by atoms with Crippen molar-refractivity contribution in [2.45, 2.75) is 50.6 Å². The van der Waals surface area contributed by atoms with Crippen molar-refractivity contribution in [1.29, 1.82) is 0 Å². The molecule has 2 aromatic heterocycles. The summed E-state index contributed by atoms with van der Waals surface area (Å²) in [6.45, 7) is 6.46. The second-order valence-corrected chi connectivity index (χ2v) is 13.1. The maximum Gasteiger partial charge on any atom is 0.287 e. The van der Waals surface area contributed by atoms with Crippen LogP contribution in [0.3, 0.4) is 0 Å². The second kappa shape index (κ2) is 13.3. The van der Waals surface area contributed by atoms with Gasteiger partial charge in [0.2, 0.25) is 0 Å². The van der Waals surface area contributed by atoms with E-state index in [4.69, 9.17) is 42.0 Å². The highest BCUT2D eigenvalue weighted by Crippen LogP contribution is 2.40. The summed E-state index contributed by atoms with van der Waals surface area (Å²) in [5, 5.41) is 5.75. The maximum atomic E-state index is 7.21. The van der Waals surface area contributed by atoms with Gasteiger partial charge in [0.15, 0.2) is 0 Å². The third-order valence-electron chi connectivity index (χ3n) is 9.93. The SMILES string of the molecule is COCCCN1CCN(C2CCC([N+]3(N)N=C(c4cc(Cl)c5nc(Cc6ccccc6OC)[nH]c5c4)c4cncnc43)CC2)CC1. The number of rotatable bonds is 10. The van der Waals surface area contributed by atoms with Crippen LogP contribution in [0.2, 0.25) is 5.02 Å². The smallest absolute Gasteiger partial charge is 0.287 e. The quantitative estimate of drug-likeness (QED) is 0.147. The number of aromatic nitrogens is 4. The normalized spacial score (nSPS) is 23.9. The maximum absolute atomic E-state index is 7.21. The molecule has 3 N–H and O–H groups in total. The van der Waals surface area contributed by atoms with Crippen LogP contribution in [0.25, 0.3) is 11.0 Å². The van der Waals surface area contributed by atoms with Gasteiger partial charge < -0.3 is 19.4 Å². The number of para-hydroxylation sites is 1. The Morgan fingerprint density at radius 3 is 2.65 bits per heavy atom. The van der Waals surface area contributed by atoms with Crippen LogP contribution in [0.5, 0.6) is 5.75 Å². The van der Waals surface area contributed by atoms with Crippen LogP contribution < -0.4 is 15.3 Å². The summed E-state index contributed by atoms with van der Waals surface area (Å²) in [7, 11) is 3.46. The number of benzene rings is 2. The van der Waals surface area contributed by atoms with Crippen LogP contribution in [-0.4, -0.2) is 101 Å². The summed E-state index contributed by atoms with van der Waals surface area (Å²) < 4.78 is 10.7. The molecule has 0 radical (unpaired) electrons. The highest BCUT2D eigenvalue weighted by Gasteiger charge is 2.49. The van der Waals surface area contributed by atoms with Crippen LogP contribution in [-0.2, 0) is 11.2 Å². The lowest BCUT2D eigenvalue weighted by molar-refractivity contribution is 0.0546. The lowest BCUT2D eigenvalue weighted by atomic mass is 9.89. The number of fused-ring (bicyclic) bond motifs is 2. The van der Waals surface area contributed by atoms with Crippen molar-refractivity contribution >= 4 is 34.2 Å². The highest BCUT2D eigenvalue weighted by molar-refractivity contribution is 6.36. The van der Waals surface area contributed by atoms with Crippen LogP contribution >= 0.6 is 11.6 Å². The Bertz CT molecular complexity index is 1710. The fourth-order valence-corrected chi connectivity index (χ4v) is 7.75. The number of piperazine rings is 1. The third-order valence-corrected chi connectivity index (χ3v) is 10.2. The van der Waals surface area contributed by atoms with Crippen molar-refractivity contribution in [3.8, 4) is 5.75 Å². The van der Waals surface area contributed by atoms with Crippen LogP contribution in [0.4, 0.5) is 5.82 Å². The van der Waals surface area contributed by atoms with E-state index >= 15 is 0 Å². The monoisotopic (exact) mass is 644 g/mol. The minimum atomic E-state index is -0.0507. The summed E-state index contributed by atoms with van der Waals surface area (Å²) in [4.78, 5) is 22.6. The second-order valence-electron chi connectivity index (χ2n) is 12.7. The number of aromatic amines is 1. The molecule has 4 heterocycles. The molecule has 3 aliphatic rings. The molecule has 2 fully saturated rings. The van der Waals surface area contributed by atoms with Gasteiger partial charge in [-0.25, -0.2) is 9.97 Å². The molecule has 11 nitrogen and oxygen atoms in total. The summed E-state index contributed by atoms with van der Waals surface area (Å²) in [5.41, 5.74) is 5.08. The van der Waals surface area contributed by atoms with E-state index in [2.05, 4.69) is 25.8 Å². The van der Waals surface area contributed by atoms with Crippen molar-refractivity contribution in [2.24, 2.45) is 10.9 Å². The number of hydrogen-bond acceptors (Lipinski definition) is 9. The molecule has 1 atom stereocenters. The first kappa shape index (κ1) is 31.2. The number of H-pyrrole nitrogens is 1. The molecule has 2 aliphatic heterocycles. The number of halogens is 1. The van der Waals surface area contributed by atoms with E-state index in [0.717, 1.165) is 122 Å². The Morgan fingerprint density at radius 2 is 1.87 bits per heavy atom. The minimum absolute atomic E-state index is 0.0507. The van der Waals surface area contributed by atoms with E-state index in [1.54, 1.807) is 20.5 Å². The average molecular weight is 645 g/mol. The van der Waals surface area contributed by atoms with Crippen LogP contribution in [0, 0.1) is 0 Å². The Hall–Kier alpha value is -3.45. The summed E-state index contributed by atoms with van der Waals surface area (Å²) >= 11 is 6.85. The number of nitrogens with two attached hydrogens (primary N) is 1. The zero-order valence-electron chi connectivity index (χ0n) is 26.7. The average Bonchev–Trinajstić information content (AvgIpc) is 3.65. The van der Waals surface area contributed by atoms with Crippen molar-refractivity contribution < 1.29 is 9.47 Å². The molecule has 12 heteroatoms. The molecule has 1 unspecified atom stereocenters. The molecule has 7 rings (SSSR count). The first-order valence-corrected chi connectivity index (χ1v) is 16.7. The molecule has 242 valence electrons. The minimum Gasteiger partial charge on any atom is -0.496 e. The Balaban J connectivity index is 1.09. The van der Waals surface area contributed by atoms with Gasteiger partial charge in [-0.15, -0.1) is 5.84 Å². The van der Waals surface area contributed by atoms with Gasteiger partial charge in [-0.05, 0) is 37.5 Å².